The van der Waals surface area contributed by atoms with Crippen LogP contribution in [0.5, 0.6) is 5.75 Å². The first-order valence-corrected chi connectivity index (χ1v) is 8.83. The van der Waals surface area contributed by atoms with Gasteiger partial charge in [-0.25, -0.2) is 8.42 Å². The van der Waals surface area contributed by atoms with Crippen LogP contribution in [-0.2, 0) is 14.8 Å². The lowest BCUT2D eigenvalue weighted by molar-refractivity contribution is -0.132. The van der Waals surface area contributed by atoms with Gasteiger partial charge in [0.25, 0.3) is 0 Å². The van der Waals surface area contributed by atoms with Crippen molar-refractivity contribution < 1.29 is 17.9 Å². The number of hydrogen-bond acceptors (Lipinski definition) is 4. The third-order valence-corrected chi connectivity index (χ3v) is 5.84. The molecule has 1 saturated heterocycles. The molecule has 0 atom stereocenters. The van der Waals surface area contributed by atoms with Crippen LogP contribution in [0.1, 0.15) is 13.3 Å². The van der Waals surface area contributed by atoms with Gasteiger partial charge in [-0.2, -0.15) is 4.31 Å². The van der Waals surface area contributed by atoms with E-state index >= 15 is 0 Å². The first-order valence-electron chi connectivity index (χ1n) is 7.01. The Morgan fingerprint density at radius 1 is 1.27 bits per heavy atom. The number of piperazine rings is 1. The number of benzene rings is 1. The maximum atomic E-state index is 12.6. The summed E-state index contributed by atoms with van der Waals surface area (Å²) in [6, 6.07) is 4.40. The molecule has 1 aliphatic heterocycles. The Kier molecular flexibility index (Phi) is 5.31. The Labute approximate surface area is 135 Å². The molecule has 1 aliphatic rings. The van der Waals surface area contributed by atoms with Gasteiger partial charge in [-0.15, -0.1) is 0 Å². The normalized spacial score (nSPS) is 16.6. The smallest absolute Gasteiger partial charge is 0.243 e. The fraction of sp³-hybridized carbons (Fsp3) is 0.500. The lowest BCUT2D eigenvalue weighted by atomic mass is 10.3. The lowest BCUT2D eigenvalue weighted by Gasteiger charge is -2.33. The summed E-state index contributed by atoms with van der Waals surface area (Å²) in [7, 11) is -2.14. The summed E-state index contributed by atoms with van der Waals surface area (Å²) in [4.78, 5) is 13.5. The summed E-state index contributed by atoms with van der Waals surface area (Å²) >= 11 is 6.00. The number of rotatable bonds is 4. The molecule has 122 valence electrons. The first kappa shape index (κ1) is 17.1. The molecule has 0 saturated carbocycles. The monoisotopic (exact) mass is 346 g/mol. The van der Waals surface area contributed by atoms with Crippen LogP contribution < -0.4 is 4.74 Å². The quantitative estimate of drug-likeness (QED) is 0.830. The van der Waals surface area contributed by atoms with Crippen molar-refractivity contribution in [3.8, 4) is 5.75 Å². The highest BCUT2D eigenvalue weighted by Gasteiger charge is 2.30. The van der Waals surface area contributed by atoms with Crippen LogP contribution in [0.15, 0.2) is 23.1 Å². The Hall–Kier alpha value is -1.31. The van der Waals surface area contributed by atoms with E-state index in [-0.39, 0.29) is 28.9 Å². The maximum Gasteiger partial charge on any atom is 0.243 e. The molecule has 22 heavy (non-hydrogen) atoms. The molecule has 0 N–H and O–H groups in total. The third kappa shape index (κ3) is 3.37. The summed E-state index contributed by atoms with van der Waals surface area (Å²) in [6.07, 6.45) is 0.431. The van der Waals surface area contributed by atoms with Gasteiger partial charge in [0.15, 0.2) is 0 Å². The maximum absolute atomic E-state index is 12.6. The van der Waals surface area contributed by atoms with Gasteiger partial charge < -0.3 is 9.64 Å². The number of carbonyl (C=O) groups excluding carboxylic acids is 1. The molecule has 0 radical (unpaired) electrons. The zero-order valence-corrected chi connectivity index (χ0v) is 14.2. The second-order valence-electron chi connectivity index (χ2n) is 4.93. The van der Waals surface area contributed by atoms with E-state index in [4.69, 9.17) is 16.3 Å². The van der Waals surface area contributed by atoms with Gasteiger partial charge in [-0.05, 0) is 18.2 Å². The minimum absolute atomic E-state index is 0.0459. The molecule has 1 aromatic carbocycles. The fourth-order valence-corrected chi connectivity index (χ4v) is 4.13. The standard InChI is InChI=1S/C14H19ClN2O4S/c1-3-14(18)16-6-8-17(9-7-16)22(19,20)11-4-5-13(21-2)12(15)10-11/h4-5,10H,3,6-9H2,1-2H3. The van der Waals surface area contributed by atoms with Gasteiger partial charge in [0, 0.05) is 32.6 Å². The average molecular weight is 347 g/mol. The molecular formula is C14H19ClN2O4S. The van der Waals surface area contributed by atoms with E-state index in [1.54, 1.807) is 11.8 Å². The Morgan fingerprint density at radius 2 is 1.91 bits per heavy atom. The van der Waals surface area contributed by atoms with E-state index in [1.165, 1.54) is 29.6 Å². The Balaban J connectivity index is 2.15. The molecule has 1 heterocycles. The molecule has 0 spiro atoms. The highest BCUT2D eigenvalue weighted by Crippen LogP contribution is 2.28. The number of halogens is 1. The van der Waals surface area contributed by atoms with Gasteiger partial charge in [0.05, 0.1) is 17.0 Å². The van der Waals surface area contributed by atoms with Gasteiger partial charge in [0.1, 0.15) is 5.75 Å². The van der Waals surface area contributed by atoms with Gasteiger partial charge in [-0.3, -0.25) is 4.79 Å². The summed E-state index contributed by atoms with van der Waals surface area (Å²) in [5, 5.41) is 0.253. The molecule has 6 nitrogen and oxygen atoms in total. The Morgan fingerprint density at radius 3 is 2.41 bits per heavy atom. The third-order valence-electron chi connectivity index (χ3n) is 3.65. The van der Waals surface area contributed by atoms with E-state index in [2.05, 4.69) is 0 Å². The summed E-state index contributed by atoms with van der Waals surface area (Å²) in [6.45, 7) is 3.20. The summed E-state index contributed by atoms with van der Waals surface area (Å²) < 4.78 is 31.6. The number of methoxy groups -OCH3 is 1. The van der Waals surface area contributed by atoms with Crippen LogP contribution in [0.2, 0.25) is 5.02 Å². The van der Waals surface area contributed by atoms with E-state index in [1.807, 2.05) is 0 Å². The lowest BCUT2D eigenvalue weighted by Crippen LogP contribution is -2.50. The van der Waals surface area contributed by atoms with Crippen LogP contribution in [0, 0.1) is 0 Å². The van der Waals surface area contributed by atoms with Crippen LogP contribution in [0.3, 0.4) is 0 Å². The number of sulfonamides is 1. The minimum Gasteiger partial charge on any atom is -0.495 e. The zero-order chi connectivity index (χ0) is 16.3. The van der Waals surface area contributed by atoms with Gasteiger partial charge in [0.2, 0.25) is 15.9 Å². The van der Waals surface area contributed by atoms with Crippen LogP contribution in [-0.4, -0.2) is 56.8 Å². The predicted molar refractivity (Wildman–Crippen MR) is 83.6 cm³/mol. The number of carbonyl (C=O) groups is 1. The van der Waals surface area contributed by atoms with Crippen LogP contribution >= 0.6 is 11.6 Å². The molecule has 0 unspecified atom stereocenters. The van der Waals surface area contributed by atoms with Gasteiger partial charge >= 0.3 is 0 Å². The molecule has 1 amide bonds. The summed E-state index contributed by atoms with van der Waals surface area (Å²) in [5.41, 5.74) is 0. The molecule has 2 rings (SSSR count). The molecule has 1 fully saturated rings. The molecular weight excluding hydrogens is 328 g/mol. The largest absolute Gasteiger partial charge is 0.495 e. The number of hydrogen-bond donors (Lipinski definition) is 0. The number of amides is 1. The van der Waals surface area contributed by atoms with Crippen molar-refractivity contribution in [2.45, 2.75) is 18.2 Å². The van der Waals surface area contributed by atoms with E-state index in [9.17, 15) is 13.2 Å². The first-order chi connectivity index (χ1) is 10.4. The zero-order valence-electron chi connectivity index (χ0n) is 12.6. The van der Waals surface area contributed by atoms with Crippen molar-refractivity contribution in [3.63, 3.8) is 0 Å². The van der Waals surface area contributed by atoms with E-state index in [0.717, 1.165) is 0 Å². The summed E-state index contributed by atoms with van der Waals surface area (Å²) in [5.74, 6) is 0.475. The predicted octanol–water partition coefficient (Wildman–Crippen LogP) is 1.59. The van der Waals surface area contributed by atoms with Crippen LogP contribution in [0.25, 0.3) is 0 Å². The van der Waals surface area contributed by atoms with Crippen LogP contribution in [0.4, 0.5) is 0 Å². The van der Waals surface area contributed by atoms with Crippen molar-refractivity contribution in [3.05, 3.63) is 23.2 Å². The van der Waals surface area contributed by atoms with E-state index < -0.39 is 10.0 Å². The second kappa shape index (κ2) is 6.85. The molecule has 0 aliphatic carbocycles. The van der Waals surface area contributed by atoms with Crippen molar-refractivity contribution in [2.75, 3.05) is 33.3 Å². The SMILES string of the molecule is CCC(=O)N1CCN(S(=O)(=O)c2ccc(OC)c(Cl)c2)CC1. The highest BCUT2D eigenvalue weighted by molar-refractivity contribution is 7.89. The highest BCUT2D eigenvalue weighted by atomic mass is 35.5. The van der Waals surface area contributed by atoms with Crippen molar-refractivity contribution in [2.24, 2.45) is 0 Å². The number of ether oxygens (including phenoxy) is 1. The molecule has 1 aromatic rings. The molecule has 0 aromatic heterocycles. The van der Waals surface area contributed by atoms with Crippen molar-refractivity contribution in [1.82, 2.24) is 9.21 Å². The molecule has 8 heteroatoms. The Bertz CT molecular complexity index is 655. The second-order valence-corrected chi connectivity index (χ2v) is 7.28. The topological polar surface area (TPSA) is 66.9 Å². The van der Waals surface area contributed by atoms with Crippen molar-refractivity contribution in [1.29, 1.82) is 0 Å². The minimum atomic E-state index is -3.61. The van der Waals surface area contributed by atoms with E-state index in [0.29, 0.717) is 25.3 Å². The fourth-order valence-electron chi connectivity index (χ4n) is 2.36. The van der Waals surface area contributed by atoms with Gasteiger partial charge in [-0.1, -0.05) is 18.5 Å². The number of nitrogens with zero attached hydrogens (tertiary/aromatic N) is 2. The van der Waals surface area contributed by atoms with Crippen molar-refractivity contribution >= 4 is 27.5 Å². The average Bonchev–Trinajstić information content (AvgIpc) is 2.54. The molecule has 0 bridgehead atoms.